The Labute approximate surface area is 139 Å². The summed E-state index contributed by atoms with van der Waals surface area (Å²) in [6.45, 7) is 5.98. The second-order valence-electron chi connectivity index (χ2n) is 4.23. The number of allylic oxidation sites excluding steroid dienone is 4. The standard InChI is InChI=1S/C15H15BrN2S.C2H6/c1-10(16)8-12(13(18)6-7-17)15-9-11-4-2-3-5-14(11)19-15;1-2/h2-5,7-9,17H,6,18H2,1H3;1-2H3/b10-8+,13-12-,17-7?;. The number of rotatable bonds is 4. The summed E-state index contributed by atoms with van der Waals surface area (Å²) in [4.78, 5) is 1.14. The molecular formula is C17H21BrN2S. The summed E-state index contributed by atoms with van der Waals surface area (Å²) in [6.07, 6.45) is 3.82. The fraction of sp³-hybridized carbons (Fsp3) is 0.235. The average molecular weight is 365 g/mol. The van der Waals surface area contributed by atoms with E-state index < -0.39 is 0 Å². The molecule has 4 heteroatoms. The van der Waals surface area contributed by atoms with E-state index in [9.17, 15) is 0 Å². The molecule has 0 atom stereocenters. The van der Waals surface area contributed by atoms with Gasteiger partial charge in [-0.15, -0.1) is 11.3 Å². The number of benzene rings is 1. The Morgan fingerprint density at radius 2 is 2.00 bits per heavy atom. The van der Waals surface area contributed by atoms with Crippen molar-refractivity contribution < 1.29 is 0 Å². The molecule has 112 valence electrons. The van der Waals surface area contributed by atoms with Gasteiger partial charge in [-0.3, -0.25) is 0 Å². The normalized spacial score (nSPS) is 12.5. The van der Waals surface area contributed by atoms with Crippen LogP contribution in [-0.4, -0.2) is 6.21 Å². The molecule has 0 aliphatic rings. The summed E-state index contributed by atoms with van der Waals surface area (Å²) in [5.74, 6) is 0. The first-order valence-corrected chi connectivity index (χ1v) is 8.53. The molecule has 2 aromatic rings. The van der Waals surface area contributed by atoms with E-state index in [4.69, 9.17) is 11.1 Å². The average Bonchev–Trinajstić information content (AvgIpc) is 2.90. The molecule has 0 aliphatic carbocycles. The topological polar surface area (TPSA) is 49.9 Å². The third kappa shape index (κ3) is 4.83. The summed E-state index contributed by atoms with van der Waals surface area (Å²) in [5.41, 5.74) is 7.82. The summed E-state index contributed by atoms with van der Waals surface area (Å²) in [6, 6.07) is 10.4. The van der Waals surface area contributed by atoms with Crippen molar-refractivity contribution in [1.29, 1.82) is 5.41 Å². The maximum Gasteiger partial charge on any atom is 0.0373 e. The second kappa shape index (κ2) is 8.80. The van der Waals surface area contributed by atoms with Gasteiger partial charge in [-0.05, 0) is 35.0 Å². The highest BCUT2D eigenvalue weighted by molar-refractivity contribution is 9.11. The molecule has 0 fully saturated rings. The second-order valence-corrected chi connectivity index (χ2v) is 6.56. The first kappa shape index (κ1) is 17.7. The SMILES string of the molecule is C/C(Br)=C\C(=C(\N)CC=N)c1cc2ccccc2s1.CC. The van der Waals surface area contributed by atoms with Crippen LogP contribution < -0.4 is 5.73 Å². The molecule has 0 saturated heterocycles. The van der Waals surface area contributed by atoms with Crippen molar-refractivity contribution >= 4 is 49.1 Å². The van der Waals surface area contributed by atoms with Crippen molar-refractivity contribution in [3.63, 3.8) is 0 Å². The Morgan fingerprint density at radius 3 is 2.57 bits per heavy atom. The Balaban J connectivity index is 0.00000106. The zero-order valence-corrected chi connectivity index (χ0v) is 15.0. The highest BCUT2D eigenvalue weighted by Crippen LogP contribution is 2.33. The predicted molar refractivity (Wildman–Crippen MR) is 100 cm³/mol. The minimum Gasteiger partial charge on any atom is -0.401 e. The van der Waals surface area contributed by atoms with E-state index in [1.54, 1.807) is 11.3 Å². The predicted octanol–water partition coefficient (Wildman–Crippen LogP) is 5.94. The smallest absolute Gasteiger partial charge is 0.0373 e. The molecule has 2 rings (SSSR count). The molecule has 0 amide bonds. The highest BCUT2D eigenvalue weighted by atomic mass is 79.9. The van der Waals surface area contributed by atoms with Crippen LogP contribution in [-0.2, 0) is 0 Å². The number of hydrogen-bond acceptors (Lipinski definition) is 3. The lowest BCUT2D eigenvalue weighted by Gasteiger charge is -2.05. The molecule has 1 heterocycles. The summed E-state index contributed by atoms with van der Waals surface area (Å²) < 4.78 is 2.27. The third-order valence-corrected chi connectivity index (χ3v) is 4.08. The lowest BCUT2D eigenvalue weighted by molar-refractivity contribution is 1.22. The van der Waals surface area contributed by atoms with E-state index >= 15 is 0 Å². The minimum absolute atomic E-state index is 0.473. The monoisotopic (exact) mass is 364 g/mol. The van der Waals surface area contributed by atoms with E-state index in [0.29, 0.717) is 6.42 Å². The molecule has 1 aromatic heterocycles. The van der Waals surface area contributed by atoms with Crippen molar-refractivity contribution in [2.45, 2.75) is 27.2 Å². The van der Waals surface area contributed by atoms with E-state index in [2.05, 4.69) is 34.1 Å². The first-order valence-electron chi connectivity index (χ1n) is 6.92. The zero-order valence-electron chi connectivity index (χ0n) is 12.6. The zero-order chi connectivity index (χ0) is 15.8. The molecule has 0 bridgehead atoms. The van der Waals surface area contributed by atoms with Crippen LogP contribution in [0, 0.1) is 5.41 Å². The van der Waals surface area contributed by atoms with Crippen molar-refractivity contribution in [3.05, 3.63) is 51.5 Å². The van der Waals surface area contributed by atoms with Crippen LogP contribution in [0.1, 0.15) is 32.1 Å². The summed E-state index contributed by atoms with van der Waals surface area (Å²) in [7, 11) is 0. The van der Waals surface area contributed by atoms with Crippen molar-refractivity contribution in [1.82, 2.24) is 0 Å². The quantitative estimate of drug-likeness (QED) is 0.512. The molecule has 1 aromatic carbocycles. The van der Waals surface area contributed by atoms with Gasteiger partial charge in [0.15, 0.2) is 0 Å². The van der Waals surface area contributed by atoms with Gasteiger partial charge in [-0.1, -0.05) is 48.0 Å². The van der Waals surface area contributed by atoms with Gasteiger partial charge < -0.3 is 11.1 Å². The van der Waals surface area contributed by atoms with Gasteiger partial charge in [0, 0.05) is 33.5 Å². The van der Waals surface area contributed by atoms with Gasteiger partial charge in [0.1, 0.15) is 0 Å². The van der Waals surface area contributed by atoms with Gasteiger partial charge in [-0.25, -0.2) is 0 Å². The number of hydrogen-bond donors (Lipinski definition) is 2. The number of thiophene rings is 1. The molecule has 0 unspecified atom stereocenters. The van der Waals surface area contributed by atoms with Crippen LogP contribution in [0.3, 0.4) is 0 Å². The highest BCUT2D eigenvalue weighted by Gasteiger charge is 2.08. The maximum atomic E-state index is 7.21. The van der Waals surface area contributed by atoms with Crippen LogP contribution in [0.25, 0.3) is 15.7 Å². The summed E-state index contributed by atoms with van der Waals surface area (Å²) >= 11 is 5.18. The van der Waals surface area contributed by atoms with Crippen LogP contribution in [0.15, 0.2) is 46.6 Å². The Hall–Kier alpha value is -1.39. The molecule has 0 saturated carbocycles. The lowest BCUT2D eigenvalue weighted by atomic mass is 10.1. The first-order chi connectivity index (χ1) is 10.1. The molecule has 21 heavy (non-hydrogen) atoms. The van der Waals surface area contributed by atoms with Gasteiger partial charge in [0.2, 0.25) is 0 Å². The number of nitrogens with one attached hydrogen (secondary N) is 1. The molecule has 2 nitrogen and oxygen atoms in total. The molecule has 0 aliphatic heterocycles. The van der Waals surface area contributed by atoms with Gasteiger partial charge in [0.25, 0.3) is 0 Å². The number of halogens is 1. The molecule has 0 radical (unpaired) electrons. The number of fused-ring (bicyclic) bond motifs is 1. The van der Waals surface area contributed by atoms with Gasteiger partial charge >= 0.3 is 0 Å². The van der Waals surface area contributed by atoms with Crippen molar-refractivity contribution in [3.8, 4) is 0 Å². The van der Waals surface area contributed by atoms with E-state index in [0.717, 1.165) is 20.6 Å². The Morgan fingerprint density at radius 1 is 1.33 bits per heavy atom. The van der Waals surface area contributed by atoms with E-state index in [-0.39, 0.29) is 0 Å². The molecule has 3 N–H and O–H groups in total. The third-order valence-electron chi connectivity index (χ3n) is 2.70. The van der Waals surface area contributed by atoms with E-state index in [1.807, 2.05) is 39.0 Å². The number of nitrogens with two attached hydrogens (primary N) is 1. The van der Waals surface area contributed by atoms with Crippen molar-refractivity contribution in [2.24, 2.45) is 5.73 Å². The van der Waals surface area contributed by atoms with Gasteiger partial charge in [0.05, 0.1) is 0 Å². The van der Waals surface area contributed by atoms with Crippen LogP contribution in [0.5, 0.6) is 0 Å². The van der Waals surface area contributed by atoms with Crippen LogP contribution >= 0.6 is 27.3 Å². The van der Waals surface area contributed by atoms with Crippen molar-refractivity contribution in [2.75, 3.05) is 0 Å². The van der Waals surface area contributed by atoms with Crippen LogP contribution in [0.2, 0.25) is 0 Å². The Bertz CT molecular complexity index is 631. The van der Waals surface area contributed by atoms with Gasteiger partial charge in [-0.2, -0.15) is 0 Å². The minimum atomic E-state index is 0.473. The molecular weight excluding hydrogens is 344 g/mol. The molecule has 0 spiro atoms. The maximum absolute atomic E-state index is 7.21. The lowest BCUT2D eigenvalue weighted by Crippen LogP contribution is -2.01. The summed E-state index contributed by atoms with van der Waals surface area (Å²) in [5, 5.41) is 8.44. The fourth-order valence-electron chi connectivity index (χ4n) is 1.86. The van der Waals surface area contributed by atoms with E-state index in [1.165, 1.54) is 16.3 Å². The Kier molecular flexibility index (Phi) is 7.40. The largest absolute Gasteiger partial charge is 0.401 e. The fourth-order valence-corrected chi connectivity index (χ4v) is 3.20. The van der Waals surface area contributed by atoms with Crippen LogP contribution in [0.4, 0.5) is 0 Å².